The molecule has 1 aromatic carbocycles. The van der Waals surface area contributed by atoms with E-state index in [-0.39, 0.29) is 18.4 Å². The van der Waals surface area contributed by atoms with Crippen molar-refractivity contribution in [2.45, 2.75) is 24.2 Å². The van der Waals surface area contributed by atoms with Gasteiger partial charge in [-0.1, -0.05) is 0 Å². The molecule has 0 atom stereocenters. The summed E-state index contributed by atoms with van der Waals surface area (Å²) in [6.45, 7) is 0.0152. The van der Waals surface area contributed by atoms with Gasteiger partial charge in [-0.2, -0.15) is 5.26 Å². The maximum Gasteiger partial charge on any atom is 0.261 e. The van der Waals surface area contributed by atoms with Crippen molar-refractivity contribution in [3.63, 3.8) is 0 Å². The third-order valence-electron chi connectivity index (χ3n) is 3.19. The van der Waals surface area contributed by atoms with Gasteiger partial charge in [-0.3, -0.25) is 0 Å². The third kappa shape index (κ3) is 3.19. The topological polar surface area (TPSA) is 67.2 Å². The average Bonchev–Trinajstić information content (AvgIpc) is 3.07. The van der Waals surface area contributed by atoms with Crippen LogP contribution in [-0.2, 0) is 9.05 Å². The van der Waals surface area contributed by atoms with Gasteiger partial charge in [-0.05, 0) is 25.0 Å². The fourth-order valence-corrected chi connectivity index (χ4v) is 2.51. The maximum atomic E-state index is 13.7. The van der Waals surface area contributed by atoms with Gasteiger partial charge in [-0.25, -0.2) is 17.2 Å². The van der Waals surface area contributed by atoms with Crippen LogP contribution in [0.4, 0.5) is 8.78 Å². The molecule has 1 aliphatic rings. The first-order valence-electron chi connectivity index (χ1n) is 5.71. The Morgan fingerprint density at radius 3 is 2.30 bits per heavy atom. The molecule has 1 aliphatic carbocycles. The Balaban J connectivity index is 2.20. The summed E-state index contributed by atoms with van der Waals surface area (Å²) < 4.78 is 54.4. The van der Waals surface area contributed by atoms with Crippen LogP contribution in [0.5, 0.6) is 5.75 Å². The van der Waals surface area contributed by atoms with E-state index in [1.165, 1.54) is 0 Å². The molecule has 0 spiro atoms. The van der Waals surface area contributed by atoms with Gasteiger partial charge < -0.3 is 4.74 Å². The van der Waals surface area contributed by atoms with Crippen LogP contribution in [0.25, 0.3) is 0 Å². The van der Waals surface area contributed by atoms with Crippen molar-refractivity contribution in [3.8, 4) is 11.8 Å². The summed E-state index contributed by atoms with van der Waals surface area (Å²) in [5.41, 5.74) is -0.342. The van der Waals surface area contributed by atoms with Crippen molar-refractivity contribution in [1.82, 2.24) is 0 Å². The molecule has 108 valence electrons. The smallest absolute Gasteiger partial charge is 0.261 e. The summed E-state index contributed by atoms with van der Waals surface area (Å²) in [4.78, 5) is -0.667. The quantitative estimate of drug-likeness (QED) is 0.782. The van der Waals surface area contributed by atoms with Crippen LogP contribution in [0, 0.1) is 28.4 Å². The third-order valence-corrected chi connectivity index (χ3v) is 4.52. The number of nitriles is 1. The van der Waals surface area contributed by atoms with Crippen LogP contribution in [0.1, 0.15) is 19.3 Å². The number of halogens is 3. The molecule has 8 heteroatoms. The molecule has 0 aromatic heterocycles. The van der Waals surface area contributed by atoms with Crippen molar-refractivity contribution >= 4 is 19.7 Å². The highest BCUT2D eigenvalue weighted by atomic mass is 35.7. The molecule has 20 heavy (non-hydrogen) atoms. The van der Waals surface area contributed by atoms with Gasteiger partial charge in [0.15, 0.2) is 17.4 Å². The summed E-state index contributed by atoms with van der Waals surface area (Å²) in [6, 6.07) is 3.20. The standard InChI is InChI=1S/C12H10ClF2NO3S/c13-20(17,18)8-5-9(14)11(10(15)6-8)19-7-12(1-2-12)3-4-16/h5-6H,1-3,7H2. The van der Waals surface area contributed by atoms with Gasteiger partial charge in [0, 0.05) is 22.5 Å². The highest BCUT2D eigenvalue weighted by Gasteiger charge is 2.43. The Kier molecular flexibility index (Phi) is 3.89. The summed E-state index contributed by atoms with van der Waals surface area (Å²) in [5, 5.41) is 8.64. The van der Waals surface area contributed by atoms with Crippen molar-refractivity contribution < 1.29 is 21.9 Å². The van der Waals surface area contributed by atoms with Crippen LogP contribution in [-0.4, -0.2) is 15.0 Å². The van der Waals surface area contributed by atoms with E-state index in [0.717, 1.165) is 12.8 Å². The number of hydrogen-bond donors (Lipinski definition) is 0. The predicted molar refractivity (Wildman–Crippen MR) is 66.8 cm³/mol. The molecule has 4 nitrogen and oxygen atoms in total. The summed E-state index contributed by atoms with van der Waals surface area (Å²) in [6.07, 6.45) is 1.78. The van der Waals surface area contributed by atoms with E-state index >= 15 is 0 Å². The second-order valence-electron chi connectivity index (χ2n) is 4.78. The first-order chi connectivity index (χ1) is 9.27. The average molecular weight is 322 g/mol. The van der Waals surface area contributed by atoms with Gasteiger partial charge >= 0.3 is 0 Å². The van der Waals surface area contributed by atoms with Crippen LogP contribution in [0.2, 0.25) is 0 Å². The first kappa shape index (κ1) is 15.0. The molecule has 0 saturated heterocycles. The molecule has 1 fully saturated rings. The Hall–Kier alpha value is -1.39. The largest absolute Gasteiger partial charge is 0.487 e. The van der Waals surface area contributed by atoms with E-state index in [1.54, 1.807) is 0 Å². The second kappa shape index (κ2) is 5.19. The van der Waals surface area contributed by atoms with Gasteiger partial charge in [0.1, 0.15) is 0 Å². The van der Waals surface area contributed by atoms with Crippen LogP contribution in [0.3, 0.4) is 0 Å². The van der Waals surface area contributed by atoms with Crippen LogP contribution in [0.15, 0.2) is 17.0 Å². The molecule has 0 N–H and O–H groups in total. The van der Waals surface area contributed by atoms with Crippen molar-refractivity contribution in [1.29, 1.82) is 5.26 Å². The Morgan fingerprint density at radius 1 is 1.35 bits per heavy atom. The number of benzene rings is 1. The van der Waals surface area contributed by atoms with E-state index in [2.05, 4.69) is 0 Å². The molecule has 0 aliphatic heterocycles. The van der Waals surface area contributed by atoms with Crippen LogP contribution >= 0.6 is 10.7 Å². The van der Waals surface area contributed by atoms with Gasteiger partial charge in [0.2, 0.25) is 0 Å². The molecular weight excluding hydrogens is 312 g/mol. The predicted octanol–water partition coefficient (Wildman–Crippen LogP) is 2.96. The Morgan fingerprint density at radius 2 is 1.90 bits per heavy atom. The number of nitrogens with zero attached hydrogens (tertiary/aromatic N) is 1. The molecule has 0 bridgehead atoms. The van der Waals surface area contributed by atoms with E-state index in [0.29, 0.717) is 12.1 Å². The molecular formula is C12H10ClF2NO3S. The lowest BCUT2D eigenvalue weighted by Crippen LogP contribution is -2.14. The first-order valence-corrected chi connectivity index (χ1v) is 8.02. The fraction of sp³-hybridized carbons (Fsp3) is 0.417. The summed E-state index contributed by atoms with van der Waals surface area (Å²) in [7, 11) is 0.807. The summed E-state index contributed by atoms with van der Waals surface area (Å²) >= 11 is 0. The van der Waals surface area contributed by atoms with E-state index in [1.807, 2.05) is 6.07 Å². The monoisotopic (exact) mass is 321 g/mol. The highest BCUT2D eigenvalue weighted by Crippen LogP contribution is 2.49. The lowest BCUT2D eigenvalue weighted by Gasteiger charge is -2.14. The summed E-state index contributed by atoms with van der Waals surface area (Å²) in [5.74, 6) is -2.94. The minimum Gasteiger partial charge on any atom is -0.487 e. The molecule has 0 unspecified atom stereocenters. The van der Waals surface area contributed by atoms with E-state index in [9.17, 15) is 17.2 Å². The lowest BCUT2D eigenvalue weighted by molar-refractivity contribution is 0.217. The minimum atomic E-state index is -4.21. The zero-order chi connectivity index (χ0) is 15.0. The number of rotatable bonds is 5. The number of hydrogen-bond acceptors (Lipinski definition) is 4. The SMILES string of the molecule is N#CCC1(COc2c(F)cc(S(=O)(=O)Cl)cc2F)CC1. The van der Waals surface area contributed by atoms with E-state index in [4.69, 9.17) is 20.7 Å². The van der Waals surface area contributed by atoms with E-state index < -0.39 is 31.3 Å². The highest BCUT2D eigenvalue weighted by molar-refractivity contribution is 8.13. The molecule has 0 radical (unpaired) electrons. The van der Waals surface area contributed by atoms with Crippen LogP contribution < -0.4 is 4.74 Å². The molecule has 2 rings (SSSR count). The molecule has 1 aromatic rings. The fourth-order valence-electron chi connectivity index (χ4n) is 1.76. The van der Waals surface area contributed by atoms with Gasteiger partial charge in [0.05, 0.1) is 17.6 Å². The van der Waals surface area contributed by atoms with Crippen molar-refractivity contribution in [2.75, 3.05) is 6.61 Å². The van der Waals surface area contributed by atoms with Crippen molar-refractivity contribution in [3.05, 3.63) is 23.8 Å². The lowest BCUT2D eigenvalue weighted by atomic mass is 10.1. The zero-order valence-electron chi connectivity index (χ0n) is 10.2. The number of ether oxygens (including phenoxy) is 1. The van der Waals surface area contributed by atoms with Gasteiger partial charge in [0.25, 0.3) is 9.05 Å². The Labute approximate surface area is 119 Å². The Bertz CT molecular complexity index is 657. The normalized spacial score (nSPS) is 16.5. The molecule has 0 heterocycles. The molecule has 1 saturated carbocycles. The molecule has 0 amide bonds. The zero-order valence-corrected chi connectivity index (χ0v) is 11.8. The maximum absolute atomic E-state index is 13.7. The second-order valence-corrected chi connectivity index (χ2v) is 7.34. The van der Waals surface area contributed by atoms with Crippen molar-refractivity contribution in [2.24, 2.45) is 5.41 Å². The van der Waals surface area contributed by atoms with Gasteiger partial charge in [-0.15, -0.1) is 0 Å². The minimum absolute atomic E-state index is 0.0152.